The number of ether oxygens (including phenoxy) is 1. The maximum Gasteiger partial charge on any atom is 0.245 e. The molecule has 0 aliphatic heterocycles. The van der Waals surface area contributed by atoms with E-state index in [0.717, 1.165) is 5.69 Å². The summed E-state index contributed by atoms with van der Waals surface area (Å²) in [5.74, 6) is -0.125. The zero-order valence-corrected chi connectivity index (χ0v) is 17.0. The van der Waals surface area contributed by atoms with E-state index in [0.29, 0.717) is 11.4 Å². The quantitative estimate of drug-likeness (QED) is 0.148. The molecule has 0 saturated carbocycles. The fourth-order valence-corrected chi connectivity index (χ4v) is 2.83. The standard InChI is InChI=1S/C19H22N4O3S2/c1-26-16-10-6-5-9-15(16)21-19(28)23-22-17(25)11-14(24)12-18(27)20-13-7-3-2-4-8-13/h2-10,18,20,27H,11-12H2,1H3,(H,22,25)(H2,21,23,28). The van der Waals surface area contributed by atoms with E-state index in [1.807, 2.05) is 42.5 Å². The average molecular weight is 419 g/mol. The largest absolute Gasteiger partial charge is 0.495 e. The molecule has 1 atom stereocenters. The number of thiocarbonyl (C=S) groups is 1. The topological polar surface area (TPSA) is 91.5 Å². The van der Waals surface area contributed by atoms with Crippen molar-refractivity contribution in [3.63, 3.8) is 0 Å². The molecule has 1 unspecified atom stereocenters. The summed E-state index contributed by atoms with van der Waals surface area (Å²) in [4.78, 5) is 24.0. The molecule has 28 heavy (non-hydrogen) atoms. The van der Waals surface area contributed by atoms with Crippen LogP contribution in [0.25, 0.3) is 0 Å². The minimum Gasteiger partial charge on any atom is -0.495 e. The molecule has 0 aliphatic rings. The number of anilines is 2. The number of methoxy groups -OCH3 is 1. The number of para-hydroxylation sites is 3. The van der Waals surface area contributed by atoms with Crippen molar-refractivity contribution < 1.29 is 14.3 Å². The van der Waals surface area contributed by atoms with Crippen LogP contribution in [0.2, 0.25) is 0 Å². The van der Waals surface area contributed by atoms with Crippen molar-refractivity contribution in [2.45, 2.75) is 18.2 Å². The molecule has 0 aliphatic carbocycles. The van der Waals surface area contributed by atoms with Crippen LogP contribution >= 0.6 is 24.8 Å². The highest BCUT2D eigenvalue weighted by atomic mass is 32.1. The number of carbonyl (C=O) groups excluding carboxylic acids is 2. The van der Waals surface area contributed by atoms with E-state index < -0.39 is 5.91 Å². The minimum absolute atomic E-state index is 0.106. The summed E-state index contributed by atoms with van der Waals surface area (Å²) in [7, 11) is 1.55. The maximum atomic E-state index is 12.0. The number of amides is 1. The smallest absolute Gasteiger partial charge is 0.245 e. The lowest BCUT2D eigenvalue weighted by Crippen LogP contribution is -2.44. The second-order valence-electron chi connectivity index (χ2n) is 5.77. The Balaban J connectivity index is 1.71. The fraction of sp³-hybridized carbons (Fsp3) is 0.211. The summed E-state index contributed by atoms with van der Waals surface area (Å²) in [6, 6.07) is 16.6. The number of ketones is 1. The van der Waals surface area contributed by atoms with Gasteiger partial charge in [-0.3, -0.25) is 20.4 Å². The highest BCUT2D eigenvalue weighted by Crippen LogP contribution is 2.22. The van der Waals surface area contributed by atoms with Crippen molar-refractivity contribution in [1.82, 2.24) is 10.9 Å². The molecule has 2 aromatic carbocycles. The average Bonchev–Trinajstić information content (AvgIpc) is 2.67. The van der Waals surface area contributed by atoms with E-state index in [2.05, 4.69) is 34.1 Å². The molecule has 1 amide bonds. The highest BCUT2D eigenvalue weighted by Gasteiger charge is 2.14. The minimum atomic E-state index is -0.491. The first kappa shape index (κ1) is 21.5. The Morgan fingerprint density at radius 1 is 1.07 bits per heavy atom. The zero-order chi connectivity index (χ0) is 20.4. The third-order valence-corrected chi connectivity index (χ3v) is 4.07. The first-order chi connectivity index (χ1) is 13.5. The monoisotopic (exact) mass is 418 g/mol. The normalized spacial score (nSPS) is 11.1. The molecule has 148 valence electrons. The van der Waals surface area contributed by atoms with Gasteiger partial charge in [-0.2, -0.15) is 12.6 Å². The number of hydrogen-bond donors (Lipinski definition) is 5. The molecule has 0 heterocycles. The van der Waals surface area contributed by atoms with E-state index in [9.17, 15) is 9.59 Å². The molecule has 0 radical (unpaired) electrons. The van der Waals surface area contributed by atoms with E-state index in [-0.39, 0.29) is 29.1 Å². The van der Waals surface area contributed by atoms with Crippen molar-refractivity contribution in [3.8, 4) is 5.75 Å². The lowest BCUT2D eigenvalue weighted by Gasteiger charge is -2.15. The predicted molar refractivity (Wildman–Crippen MR) is 118 cm³/mol. The van der Waals surface area contributed by atoms with Crippen LogP contribution in [0.3, 0.4) is 0 Å². The van der Waals surface area contributed by atoms with Gasteiger partial charge in [0, 0.05) is 12.1 Å². The number of hydrazine groups is 1. The number of Topliss-reactive ketones (excluding diaryl/α,β-unsaturated/α-hetero) is 1. The summed E-state index contributed by atoms with van der Waals surface area (Å²) < 4.78 is 5.21. The van der Waals surface area contributed by atoms with Crippen LogP contribution in [0.1, 0.15) is 12.8 Å². The van der Waals surface area contributed by atoms with Crippen LogP contribution in [0, 0.1) is 0 Å². The number of hydrogen-bond acceptors (Lipinski definition) is 6. The molecule has 2 rings (SSSR count). The van der Waals surface area contributed by atoms with Gasteiger partial charge >= 0.3 is 0 Å². The Morgan fingerprint density at radius 2 is 1.75 bits per heavy atom. The Bertz CT molecular complexity index is 818. The first-order valence-electron chi connectivity index (χ1n) is 8.48. The number of nitrogens with one attached hydrogen (secondary N) is 4. The van der Waals surface area contributed by atoms with Gasteiger partial charge in [-0.05, 0) is 36.5 Å². The van der Waals surface area contributed by atoms with Crippen LogP contribution in [0.5, 0.6) is 5.75 Å². The van der Waals surface area contributed by atoms with Crippen LogP contribution in [-0.2, 0) is 9.59 Å². The van der Waals surface area contributed by atoms with Crippen LogP contribution in [0.4, 0.5) is 11.4 Å². The third-order valence-electron chi connectivity index (χ3n) is 3.56. The summed E-state index contributed by atoms with van der Waals surface area (Å²) in [6.07, 6.45) is -0.173. The summed E-state index contributed by atoms with van der Waals surface area (Å²) in [5, 5.41) is 5.78. The predicted octanol–water partition coefficient (Wildman–Crippen LogP) is 2.73. The molecular weight excluding hydrogens is 396 g/mol. The van der Waals surface area contributed by atoms with Crippen LogP contribution < -0.4 is 26.2 Å². The van der Waals surface area contributed by atoms with Crippen molar-refractivity contribution in [2.75, 3.05) is 17.7 Å². The second kappa shape index (κ2) is 11.2. The molecule has 0 spiro atoms. The Kier molecular flexibility index (Phi) is 8.57. The first-order valence-corrected chi connectivity index (χ1v) is 9.40. The van der Waals surface area contributed by atoms with Crippen LogP contribution in [-0.4, -0.2) is 29.3 Å². The summed E-state index contributed by atoms with van der Waals surface area (Å²) in [5.41, 5.74) is 6.46. The van der Waals surface area contributed by atoms with Crippen molar-refractivity contribution in [2.24, 2.45) is 0 Å². The highest BCUT2D eigenvalue weighted by molar-refractivity contribution is 7.81. The summed E-state index contributed by atoms with van der Waals surface area (Å²) in [6.45, 7) is 0. The lowest BCUT2D eigenvalue weighted by molar-refractivity contribution is -0.128. The fourth-order valence-electron chi connectivity index (χ4n) is 2.32. The Labute approximate surface area is 174 Å². The maximum absolute atomic E-state index is 12.0. The Morgan fingerprint density at radius 3 is 2.46 bits per heavy atom. The van der Waals surface area contributed by atoms with Gasteiger partial charge in [0.15, 0.2) is 5.11 Å². The SMILES string of the molecule is COc1ccccc1NC(=S)NNC(=O)CC(=O)CC(S)Nc1ccccc1. The van der Waals surface area contributed by atoms with Gasteiger partial charge < -0.3 is 15.4 Å². The molecule has 0 fully saturated rings. The second-order valence-corrected chi connectivity index (χ2v) is 6.80. The van der Waals surface area contributed by atoms with Gasteiger partial charge in [0.1, 0.15) is 11.5 Å². The number of thiol groups is 1. The Hall–Kier alpha value is -2.78. The number of rotatable bonds is 8. The molecule has 7 nitrogen and oxygen atoms in total. The van der Waals surface area contributed by atoms with Crippen molar-refractivity contribution in [3.05, 3.63) is 54.6 Å². The van der Waals surface area contributed by atoms with Crippen molar-refractivity contribution >= 4 is 53.0 Å². The molecular formula is C19H22N4O3S2. The molecule has 2 aromatic rings. The van der Waals surface area contributed by atoms with E-state index in [4.69, 9.17) is 17.0 Å². The van der Waals surface area contributed by atoms with Crippen molar-refractivity contribution in [1.29, 1.82) is 0 Å². The van der Waals surface area contributed by atoms with Gasteiger partial charge in [0.2, 0.25) is 5.91 Å². The number of carbonyl (C=O) groups is 2. The van der Waals surface area contributed by atoms with Gasteiger partial charge in [-0.25, -0.2) is 0 Å². The molecule has 0 saturated heterocycles. The van der Waals surface area contributed by atoms with E-state index in [1.54, 1.807) is 19.2 Å². The molecule has 0 aromatic heterocycles. The van der Waals surface area contributed by atoms with Gasteiger partial charge in [-0.15, -0.1) is 0 Å². The molecule has 0 bridgehead atoms. The van der Waals surface area contributed by atoms with E-state index >= 15 is 0 Å². The summed E-state index contributed by atoms with van der Waals surface area (Å²) >= 11 is 9.46. The van der Waals surface area contributed by atoms with Gasteiger partial charge in [0.05, 0.1) is 24.6 Å². The zero-order valence-electron chi connectivity index (χ0n) is 15.3. The molecule has 4 N–H and O–H groups in total. The lowest BCUT2D eigenvalue weighted by atomic mass is 10.2. The third kappa shape index (κ3) is 7.45. The number of benzene rings is 2. The molecule has 9 heteroatoms. The van der Waals surface area contributed by atoms with Gasteiger partial charge in [0.25, 0.3) is 0 Å². The van der Waals surface area contributed by atoms with Gasteiger partial charge in [-0.1, -0.05) is 30.3 Å². The van der Waals surface area contributed by atoms with Crippen LogP contribution in [0.15, 0.2) is 54.6 Å². The van der Waals surface area contributed by atoms with E-state index in [1.165, 1.54) is 0 Å².